The van der Waals surface area contributed by atoms with Crippen LogP contribution in [-0.4, -0.2) is 15.0 Å². The average Bonchev–Trinajstić information content (AvgIpc) is 2.68. The zero-order valence-electron chi connectivity index (χ0n) is 10.9. The van der Waals surface area contributed by atoms with Gasteiger partial charge in [-0.2, -0.15) is 13.2 Å². The summed E-state index contributed by atoms with van der Waals surface area (Å²) >= 11 is 0. The summed E-state index contributed by atoms with van der Waals surface area (Å²) in [6.45, 7) is 4.20. The second-order valence-corrected chi connectivity index (χ2v) is 4.42. The van der Waals surface area contributed by atoms with E-state index < -0.39 is 11.9 Å². The lowest BCUT2D eigenvalue weighted by molar-refractivity contribution is -0.144. The Morgan fingerprint density at radius 1 is 1.06 bits per heavy atom. The minimum Gasteiger partial charge on any atom is -0.240 e. The number of hydrogen-bond donors (Lipinski definition) is 0. The Morgan fingerprint density at radius 2 is 1.78 bits per heavy atom. The van der Waals surface area contributed by atoms with Crippen LogP contribution in [0.5, 0.6) is 0 Å². The Hall–Kier alpha value is -1.07. The van der Waals surface area contributed by atoms with E-state index in [-0.39, 0.29) is 5.69 Å². The first-order valence-corrected chi connectivity index (χ1v) is 6.50. The Kier molecular flexibility index (Phi) is 5.62. The molecule has 1 aromatic heterocycles. The first-order valence-electron chi connectivity index (χ1n) is 6.50. The van der Waals surface area contributed by atoms with E-state index in [1.54, 1.807) is 0 Å². The quantitative estimate of drug-likeness (QED) is 0.700. The van der Waals surface area contributed by atoms with Crippen molar-refractivity contribution in [2.24, 2.45) is 0 Å². The molecule has 0 aliphatic rings. The molecule has 0 amide bonds. The first-order chi connectivity index (χ1) is 8.50. The zero-order chi connectivity index (χ0) is 13.6. The van der Waals surface area contributed by atoms with Crippen molar-refractivity contribution in [3.63, 3.8) is 0 Å². The molecule has 6 heteroatoms. The van der Waals surface area contributed by atoms with Gasteiger partial charge >= 0.3 is 6.18 Å². The van der Waals surface area contributed by atoms with E-state index in [2.05, 4.69) is 17.2 Å². The molecule has 104 valence electrons. The second kappa shape index (κ2) is 6.75. The monoisotopic (exact) mass is 263 g/mol. The summed E-state index contributed by atoms with van der Waals surface area (Å²) in [7, 11) is 0. The predicted molar refractivity (Wildman–Crippen MR) is 63.2 cm³/mol. The largest absolute Gasteiger partial charge is 0.434 e. The standard InChI is InChI=1S/C12H20F3N3/c1-3-5-6-7-9-18-11(12(13,14)15)10(8-4-2)16-17-18/h3-9H2,1-2H3. The van der Waals surface area contributed by atoms with E-state index >= 15 is 0 Å². The van der Waals surface area contributed by atoms with Crippen molar-refractivity contribution < 1.29 is 13.2 Å². The van der Waals surface area contributed by atoms with Crippen LogP contribution < -0.4 is 0 Å². The van der Waals surface area contributed by atoms with Gasteiger partial charge in [-0.3, -0.25) is 0 Å². The summed E-state index contributed by atoms with van der Waals surface area (Å²) in [5.74, 6) is 0. The topological polar surface area (TPSA) is 30.7 Å². The molecule has 0 radical (unpaired) electrons. The number of nitrogens with zero attached hydrogens (tertiary/aromatic N) is 3. The normalized spacial score (nSPS) is 12.1. The van der Waals surface area contributed by atoms with Crippen molar-refractivity contribution in [1.29, 1.82) is 0 Å². The summed E-state index contributed by atoms with van der Waals surface area (Å²) < 4.78 is 39.8. The lowest BCUT2D eigenvalue weighted by Gasteiger charge is -2.10. The molecule has 0 spiro atoms. The van der Waals surface area contributed by atoms with Gasteiger partial charge in [0, 0.05) is 6.54 Å². The fourth-order valence-corrected chi connectivity index (χ4v) is 1.91. The molecule has 3 nitrogen and oxygen atoms in total. The maximum Gasteiger partial charge on any atom is 0.434 e. The van der Waals surface area contributed by atoms with Gasteiger partial charge in [0.1, 0.15) is 0 Å². The summed E-state index contributed by atoms with van der Waals surface area (Å²) in [5, 5.41) is 7.31. The highest BCUT2D eigenvalue weighted by atomic mass is 19.4. The number of aryl methyl sites for hydroxylation is 2. The third-order valence-corrected chi connectivity index (χ3v) is 2.78. The average molecular weight is 263 g/mol. The van der Waals surface area contributed by atoms with Crippen LogP contribution in [0.25, 0.3) is 0 Å². The van der Waals surface area contributed by atoms with Gasteiger partial charge in [-0.1, -0.05) is 44.7 Å². The van der Waals surface area contributed by atoms with Gasteiger partial charge in [0.25, 0.3) is 0 Å². The number of halogens is 3. The highest BCUT2D eigenvalue weighted by molar-refractivity contribution is 5.14. The van der Waals surface area contributed by atoms with Gasteiger partial charge in [-0.25, -0.2) is 4.68 Å². The number of aromatic nitrogens is 3. The molecule has 0 atom stereocenters. The summed E-state index contributed by atoms with van der Waals surface area (Å²) in [4.78, 5) is 0. The zero-order valence-corrected chi connectivity index (χ0v) is 10.9. The van der Waals surface area contributed by atoms with Gasteiger partial charge in [0.05, 0.1) is 5.69 Å². The second-order valence-electron chi connectivity index (χ2n) is 4.42. The van der Waals surface area contributed by atoms with E-state index in [1.807, 2.05) is 6.92 Å². The van der Waals surface area contributed by atoms with E-state index in [0.29, 0.717) is 25.8 Å². The maximum absolute atomic E-state index is 12.9. The molecule has 0 N–H and O–H groups in total. The van der Waals surface area contributed by atoms with Gasteiger partial charge < -0.3 is 0 Å². The van der Waals surface area contributed by atoms with E-state index in [9.17, 15) is 13.2 Å². The SMILES string of the molecule is CCCCCCn1nnc(CCC)c1C(F)(F)F. The smallest absolute Gasteiger partial charge is 0.240 e. The van der Waals surface area contributed by atoms with Crippen molar-refractivity contribution in [3.05, 3.63) is 11.4 Å². The van der Waals surface area contributed by atoms with E-state index in [1.165, 1.54) is 0 Å². The Labute approximate surface area is 105 Å². The molecule has 0 fully saturated rings. The Balaban J connectivity index is 2.77. The number of hydrogen-bond acceptors (Lipinski definition) is 2. The molecule has 1 heterocycles. The lowest BCUT2D eigenvalue weighted by Crippen LogP contribution is -2.16. The maximum atomic E-state index is 12.9. The van der Waals surface area contributed by atoms with Crippen LogP contribution in [0.3, 0.4) is 0 Å². The molecular formula is C12H20F3N3. The molecule has 1 aromatic rings. The third-order valence-electron chi connectivity index (χ3n) is 2.78. The van der Waals surface area contributed by atoms with Crippen LogP contribution in [0.2, 0.25) is 0 Å². The number of alkyl halides is 3. The molecule has 18 heavy (non-hydrogen) atoms. The summed E-state index contributed by atoms with van der Waals surface area (Å²) in [6.07, 6.45) is 0.339. The van der Waals surface area contributed by atoms with E-state index in [4.69, 9.17) is 0 Å². The molecular weight excluding hydrogens is 243 g/mol. The highest BCUT2D eigenvalue weighted by Crippen LogP contribution is 2.31. The molecule has 0 bridgehead atoms. The van der Waals surface area contributed by atoms with Crippen LogP contribution in [0.15, 0.2) is 0 Å². The fourth-order valence-electron chi connectivity index (χ4n) is 1.91. The minimum atomic E-state index is -4.36. The van der Waals surface area contributed by atoms with E-state index in [0.717, 1.165) is 23.9 Å². The third kappa shape index (κ3) is 3.99. The Morgan fingerprint density at radius 3 is 2.33 bits per heavy atom. The fraction of sp³-hybridized carbons (Fsp3) is 0.833. The van der Waals surface area contributed by atoms with Crippen molar-refractivity contribution in [1.82, 2.24) is 15.0 Å². The molecule has 1 rings (SSSR count). The molecule has 0 saturated carbocycles. The Bertz CT molecular complexity index is 358. The number of rotatable bonds is 7. The predicted octanol–water partition coefficient (Wildman–Crippen LogP) is 3.83. The van der Waals surface area contributed by atoms with Crippen LogP contribution in [-0.2, 0) is 19.1 Å². The van der Waals surface area contributed by atoms with Crippen LogP contribution in [0.1, 0.15) is 57.3 Å². The van der Waals surface area contributed by atoms with Crippen molar-refractivity contribution in [2.75, 3.05) is 0 Å². The molecule has 0 aliphatic heterocycles. The molecule has 0 unspecified atom stereocenters. The molecule has 0 saturated heterocycles. The van der Waals surface area contributed by atoms with Crippen molar-refractivity contribution in [2.45, 2.75) is 65.1 Å². The van der Waals surface area contributed by atoms with Crippen LogP contribution in [0.4, 0.5) is 13.2 Å². The van der Waals surface area contributed by atoms with Crippen LogP contribution >= 0.6 is 0 Å². The van der Waals surface area contributed by atoms with Gasteiger partial charge in [0.15, 0.2) is 5.69 Å². The van der Waals surface area contributed by atoms with Crippen LogP contribution in [0, 0.1) is 0 Å². The summed E-state index contributed by atoms with van der Waals surface area (Å²) in [5.41, 5.74) is -0.596. The number of unbranched alkanes of at least 4 members (excludes halogenated alkanes) is 3. The summed E-state index contributed by atoms with van der Waals surface area (Å²) in [6, 6.07) is 0. The van der Waals surface area contributed by atoms with Gasteiger partial charge in [0.2, 0.25) is 0 Å². The first kappa shape index (κ1) is 15.0. The van der Waals surface area contributed by atoms with Gasteiger partial charge in [-0.05, 0) is 12.8 Å². The lowest BCUT2D eigenvalue weighted by atomic mass is 10.2. The van der Waals surface area contributed by atoms with Crippen molar-refractivity contribution >= 4 is 0 Å². The molecule has 0 aliphatic carbocycles. The minimum absolute atomic E-state index is 0.0699. The molecule has 0 aromatic carbocycles. The van der Waals surface area contributed by atoms with Crippen molar-refractivity contribution in [3.8, 4) is 0 Å². The highest BCUT2D eigenvalue weighted by Gasteiger charge is 2.38. The van der Waals surface area contributed by atoms with Gasteiger partial charge in [-0.15, -0.1) is 5.10 Å².